The average Bonchev–Trinajstić information content (AvgIpc) is 3.12. The van der Waals surface area contributed by atoms with E-state index in [1.807, 2.05) is 17.8 Å². The number of hydrogen-bond acceptors (Lipinski definition) is 4. The monoisotopic (exact) mass is 282 g/mol. The number of aromatic amines is 1. The molecule has 6 heteroatoms. The van der Waals surface area contributed by atoms with E-state index in [1.54, 1.807) is 12.7 Å². The summed E-state index contributed by atoms with van der Waals surface area (Å²) < 4.78 is 1.82. The molecule has 3 rings (SSSR count). The summed E-state index contributed by atoms with van der Waals surface area (Å²) in [5, 5.41) is 14.5. The summed E-state index contributed by atoms with van der Waals surface area (Å²) in [6.07, 6.45) is 5.15. The first-order chi connectivity index (χ1) is 10.3. The van der Waals surface area contributed by atoms with E-state index in [4.69, 9.17) is 0 Å². The highest BCUT2D eigenvalue weighted by Crippen LogP contribution is 2.08. The summed E-state index contributed by atoms with van der Waals surface area (Å²) >= 11 is 0. The Hall–Kier alpha value is -2.47. The van der Waals surface area contributed by atoms with Crippen LogP contribution in [0, 0.1) is 6.92 Å². The van der Waals surface area contributed by atoms with Gasteiger partial charge in [-0.25, -0.2) is 9.67 Å². The van der Waals surface area contributed by atoms with E-state index < -0.39 is 0 Å². The fraction of sp³-hybridized carbons (Fsp3) is 0.267. The van der Waals surface area contributed by atoms with Crippen LogP contribution in [0.1, 0.15) is 22.4 Å². The number of rotatable bonds is 6. The van der Waals surface area contributed by atoms with Gasteiger partial charge in [0.2, 0.25) is 0 Å². The third-order valence-corrected chi connectivity index (χ3v) is 3.38. The van der Waals surface area contributed by atoms with Gasteiger partial charge in [-0.05, 0) is 18.1 Å². The second-order valence-electron chi connectivity index (χ2n) is 5.04. The topological polar surface area (TPSA) is 71.4 Å². The van der Waals surface area contributed by atoms with Gasteiger partial charge in [-0.15, -0.1) is 0 Å². The first-order valence-corrected chi connectivity index (χ1v) is 6.91. The Morgan fingerprint density at radius 3 is 2.90 bits per heavy atom. The predicted molar refractivity (Wildman–Crippen MR) is 79.4 cm³/mol. The van der Waals surface area contributed by atoms with Crippen LogP contribution in [0.5, 0.6) is 0 Å². The van der Waals surface area contributed by atoms with E-state index in [-0.39, 0.29) is 0 Å². The van der Waals surface area contributed by atoms with Crippen molar-refractivity contribution in [1.82, 2.24) is 30.3 Å². The Balaban J connectivity index is 1.57. The van der Waals surface area contributed by atoms with Crippen LogP contribution < -0.4 is 5.32 Å². The van der Waals surface area contributed by atoms with Gasteiger partial charge < -0.3 is 5.32 Å². The highest BCUT2D eigenvalue weighted by atomic mass is 15.3. The highest BCUT2D eigenvalue weighted by molar-refractivity contribution is 5.23. The molecule has 2 heterocycles. The van der Waals surface area contributed by atoms with Crippen molar-refractivity contribution in [2.45, 2.75) is 26.6 Å². The Morgan fingerprint density at radius 2 is 2.14 bits per heavy atom. The molecule has 0 radical (unpaired) electrons. The maximum Gasteiger partial charge on any atom is 0.137 e. The lowest BCUT2D eigenvalue weighted by atomic mass is 10.1. The molecule has 0 aliphatic carbocycles. The van der Waals surface area contributed by atoms with E-state index in [9.17, 15) is 0 Å². The standard InChI is InChI=1S/C15H18N6/c1-12-15(8-18-20-12)7-16-6-13-3-2-4-14(5-13)9-21-11-17-10-19-21/h2-5,8,10-11,16H,6-7,9H2,1H3,(H,18,20). The Labute approximate surface area is 123 Å². The van der Waals surface area contributed by atoms with Crippen LogP contribution in [-0.4, -0.2) is 25.0 Å². The second-order valence-corrected chi connectivity index (χ2v) is 5.04. The normalized spacial score (nSPS) is 10.9. The largest absolute Gasteiger partial charge is 0.308 e. The van der Waals surface area contributed by atoms with Crippen molar-refractivity contribution in [2.75, 3.05) is 0 Å². The molecule has 0 spiro atoms. The SMILES string of the molecule is Cc1[nH]ncc1CNCc1cccc(Cn2cncn2)c1. The van der Waals surface area contributed by atoms with Gasteiger partial charge in [-0.2, -0.15) is 10.2 Å². The number of nitrogens with one attached hydrogen (secondary N) is 2. The molecule has 2 aromatic heterocycles. The summed E-state index contributed by atoms with van der Waals surface area (Å²) in [4.78, 5) is 3.96. The Morgan fingerprint density at radius 1 is 1.24 bits per heavy atom. The molecule has 0 atom stereocenters. The first-order valence-electron chi connectivity index (χ1n) is 6.91. The molecule has 0 aliphatic heterocycles. The van der Waals surface area contributed by atoms with Gasteiger partial charge in [0.25, 0.3) is 0 Å². The lowest BCUT2D eigenvalue weighted by Gasteiger charge is -2.07. The molecule has 0 bridgehead atoms. The van der Waals surface area contributed by atoms with Crippen molar-refractivity contribution in [1.29, 1.82) is 0 Å². The quantitative estimate of drug-likeness (QED) is 0.721. The van der Waals surface area contributed by atoms with E-state index >= 15 is 0 Å². The summed E-state index contributed by atoms with van der Waals surface area (Å²) in [7, 11) is 0. The van der Waals surface area contributed by atoms with Gasteiger partial charge in [-0.1, -0.05) is 24.3 Å². The van der Waals surface area contributed by atoms with E-state index in [1.165, 1.54) is 16.7 Å². The van der Waals surface area contributed by atoms with Crippen molar-refractivity contribution in [3.05, 3.63) is 65.5 Å². The third-order valence-electron chi connectivity index (χ3n) is 3.38. The smallest absolute Gasteiger partial charge is 0.137 e. The van der Waals surface area contributed by atoms with Crippen LogP contribution in [0.25, 0.3) is 0 Å². The Kier molecular flexibility index (Phi) is 4.07. The maximum atomic E-state index is 4.13. The van der Waals surface area contributed by atoms with Crippen LogP contribution in [-0.2, 0) is 19.6 Å². The molecule has 108 valence electrons. The number of aromatic nitrogens is 5. The van der Waals surface area contributed by atoms with Gasteiger partial charge in [0.1, 0.15) is 12.7 Å². The van der Waals surface area contributed by atoms with Crippen molar-refractivity contribution in [3.8, 4) is 0 Å². The molecule has 21 heavy (non-hydrogen) atoms. The molecule has 1 aromatic carbocycles. The Bertz CT molecular complexity index is 686. The molecule has 0 aliphatic rings. The van der Waals surface area contributed by atoms with Crippen molar-refractivity contribution < 1.29 is 0 Å². The predicted octanol–water partition coefficient (Wildman–Crippen LogP) is 1.65. The third kappa shape index (κ3) is 3.55. The minimum absolute atomic E-state index is 0.745. The lowest BCUT2D eigenvalue weighted by molar-refractivity contribution is 0.675. The van der Waals surface area contributed by atoms with Crippen molar-refractivity contribution in [3.63, 3.8) is 0 Å². The van der Waals surface area contributed by atoms with Gasteiger partial charge in [0.05, 0.1) is 12.7 Å². The number of hydrogen-bond donors (Lipinski definition) is 2. The molecule has 3 aromatic rings. The fourth-order valence-corrected chi connectivity index (χ4v) is 2.23. The fourth-order valence-electron chi connectivity index (χ4n) is 2.23. The molecule has 0 amide bonds. The molecule has 0 saturated heterocycles. The maximum absolute atomic E-state index is 4.13. The van der Waals surface area contributed by atoms with Crippen LogP contribution in [0.4, 0.5) is 0 Å². The zero-order valence-corrected chi connectivity index (χ0v) is 12.0. The van der Waals surface area contributed by atoms with Gasteiger partial charge >= 0.3 is 0 Å². The van der Waals surface area contributed by atoms with E-state index in [0.717, 1.165) is 25.3 Å². The highest BCUT2D eigenvalue weighted by Gasteiger charge is 2.01. The molecular formula is C15H18N6. The zero-order chi connectivity index (χ0) is 14.5. The van der Waals surface area contributed by atoms with Gasteiger partial charge in [0.15, 0.2) is 0 Å². The summed E-state index contributed by atoms with van der Waals surface area (Å²) in [5.74, 6) is 0. The van der Waals surface area contributed by atoms with Gasteiger partial charge in [0, 0.05) is 24.3 Å². The lowest BCUT2D eigenvalue weighted by Crippen LogP contribution is -2.13. The molecular weight excluding hydrogens is 264 g/mol. The summed E-state index contributed by atoms with van der Waals surface area (Å²) in [6, 6.07) is 8.49. The second kappa shape index (κ2) is 6.32. The molecule has 0 fully saturated rings. The van der Waals surface area contributed by atoms with Crippen molar-refractivity contribution >= 4 is 0 Å². The van der Waals surface area contributed by atoms with Crippen LogP contribution in [0.15, 0.2) is 43.1 Å². The summed E-state index contributed by atoms with van der Waals surface area (Å²) in [5.41, 5.74) is 4.80. The average molecular weight is 282 g/mol. The minimum atomic E-state index is 0.745. The molecule has 0 saturated carbocycles. The van der Waals surface area contributed by atoms with Crippen molar-refractivity contribution in [2.24, 2.45) is 0 Å². The number of benzene rings is 1. The summed E-state index contributed by atoms with van der Waals surface area (Å²) in [6.45, 7) is 4.42. The number of H-pyrrole nitrogens is 1. The minimum Gasteiger partial charge on any atom is -0.308 e. The van der Waals surface area contributed by atoms with E-state index in [0.29, 0.717) is 0 Å². The van der Waals surface area contributed by atoms with Crippen LogP contribution in [0.2, 0.25) is 0 Å². The molecule has 0 unspecified atom stereocenters. The van der Waals surface area contributed by atoms with Crippen LogP contribution in [0.3, 0.4) is 0 Å². The number of aryl methyl sites for hydroxylation is 1. The van der Waals surface area contributed by atoms with Crippen LogP contribution >= 0.6 is 0 Å². The van der Waals surface area contributed by atoms with Gasteiger partial charge in [-0.3, -0.25) is 5.10 Å². The first kappa shape index (κ1) is 13.5. The molecule has 2 N–H and O–H groups in total. The molecule has 6 nitrogen and oxygen atoms in total. The van der Waals surface area contributed by atoms with E-state index in [2.05, 4.69) is 49.9 Å². The number of nitrogens with zero attached hydrogens (tertiary/aromatic N) is 4. The zero-order valence-electron chi connectivity index (χ0n) is 12.0.